The number of hydrogen-bond acceptors (Lipinski definition) is 3. The summed E-state index contributed by atoms with van der Waals surface area (Å²) in [5, 5.41) is 0. The lowest BCUT2D eigenvalue weighted by molar-refractivity contribution is 0.101. The van der Waals surface area contributed by atoms with Crippen LogP contribution in [0, 0.1) is 18.8 Å². The molecule has 2 aromatic carbocycles. The number of ketones is 1. The normalized spacial score (nSPS) is 21.0. The summed E-state index contributed by atoms with van der Waals surface area (Å²) in [6.45, 7) is 10.3. The SMILES string of the molecule is C=CC[C@@H]1CC[C@H]1CN1Cc2ccc(C)cc2CCCCOc2ccc(C(C)=O)cc21. The molecule has 31 heavy (non-hydrogen) atoms. The van der Waals surface area contributed by atoms with E-state index in [1.54, 1.807) is 6.92 Å². The second-order valence-corrected chi connectivity index (χ2v) is 9.32. The predicted molar refractivity (Wildman–Crippen MR) is 128 cm³/mol. The molecule has 4 rings (SSSR count). The first-order valence-electron chi connectivity index (χ1n) is 11.8. The molecule has 1 saturated carbocycles. The number of rotatable bonds is 5. The Morgan fingerprint density at radius 1 is 1.13 bits per heavy atom. The van der Waals surface area contributed by atoms with Gasteiger partial charge in [-0.25, -0.2) is 0 Å². The minimum Gasteiger partial charge on any atom is -0.491 e. The number of carbonyl (C=O) groups excluding carboxylic acids is 1. The first-order valence-corrected chi connectivity index (χ1v) is 11.8. The van der Waals surface area contributed by atoms with Crippen LogP contribution in [0.2, 0.25) is 0 Å². The number of nitrogens with zero attached hydrogens (tertiary/aromatic N) is 1. The average molecular weight is 418 g/mol. The van der Waals surface area contributed by atoms with Gasteiger partial charge in [-0.2, -0.15) is 0 Å². The van der Waals surface area contributed by atoms with Crippen LogP contribution in [-0.2, 0) is 13.0 Å². The van der Waals surface area contributed by atoms with Crippen molar-refractivity contribution in [2.75, 3.05) is 18.1 Å². The van der Waals surface area contributed by atoms with Crippen molar-refractivity contribution < 1.29 is 9.53 Å². The molecule has 0 saturated heterocycles. The summed E-state index contributed by atoms with van der Waals surface area (Å²) >= 11 is 0. The van der Waals surface area contributed by atoms with Crippen LogP contribution in [0.25, 0.3) is 0 Å². The van der Waals surface area contributed by atoms with Gasteiger partial charge in [0.2, 0.25) is 0 Å². The molecule has 0 amide bonds. The zero-order valence-electron chi connectivity index (χ0n) is 19.0. The van der Waals surface area contributed by atoms with Gasteiger partial charge >= 0.3 is 0 Å². The molecular weight excluding hydrogens is 382 g/mol. The zero-order valence-corrected chi connectivity index (χ0v) is 19.0. The number of fused-ring (bicyclic) bond motifs is 2. The molecule has 1 aliphatic carbocycles. The van der Waals surface area contributed by atoms with Crippen molar-refractivity contribution in [2.24, 2.45) is 11.8 Å². The van der Waals surface area contributed by atoms with E-state index in [1.807, 2.05) is 18.2 Å². The van der Waals surface area contributed by atoms with Crippen LogP contribution in [-0.4, -0.2) is 18.9 Å². The topological polar surface area (TPSA) is 29.5 Å². The molecule has 0 N–H and O–H groups in total. The zero-order chi connectivity index (χ0) is 21.8. The predicted octanol–water partition coefficient (Wildman–Crippen LogP) is 6.52. The van der Waals surface area contributed by atoms with E-state index in [0.29, 0.717) is 18.4 Å². The molecule has 1 fully saturated rings. The number of ether oxygens (including phenoxy) is 1. The Kier molecular flexibility index (Phi) is 6.80. The van der Waals surface area contributed by atoms with Crippen LogP contribution in [0.4, 0.5) is 5.69 Å². The third-order valence-electron chi connectivity index (χ3n) is 7.03. The van der Waals surface area contributed by atoms with Gasteiger partial charge in [-0.3, -0.25) is 4.79 Å². The van der Waals surface area contributed by atoms with Crippen LogP contribution < -0.4 is 9.64 Å². The van der Waals surface area contributed by atoms with E-state index in [0.717, 1.165) is 55.8 Å². The van der Waals surface area contributed by atoms with Gasteiger partial charge in [0.05, 0.1) is 12.3 Å². The molecule has 1 aliphatic heterocycles. The van der Waals surface area contributed by atoms with Crippen molar-refractivity contribution in [1.82, 2.24) is 0 Å². The Balaban J connectivity index is 1.74. The molecule has 2 aromatic rings. The van der Waals surface area contributed by atoms with Gasteiger partial charge in [0.1, 0.15) is 5.75 Å². The minimum atomic E-state index is 0.0984. The quantitative estimate of drug-likeness (QED) is 0.410. The molecule has 164 valence electrons. The van der Waals surface area contributed by atoms with E-state index in [2.05, 4.69) is 42.7 Å². The monoisotopic (exact) mass is 417 g/mol. The Morgan fingerprint density at radius 2 is 1.97 bits per heavy atom. The van der Waals surface area contributed by atoms with E-state index in [9.17, 15) is 4.79 Å². The minimum absolute atomic E-state index is 0.0984. The van der Waals surface area contributed by atoms with Crippen LogP contribution in [0.3, 0.4) is 0 Å². The first kappa shape index (κ1) is 21.7. The third kappa shape index (κ3) is 5.03. The lowest BCUT2D eigenvalue weighted by Gasteiger charge is -2.41. The molecular formula is C28H35NO2. The molecule has 3 heteroatoms. The fraction of sp³-hybridized carbons (Fsp3) is 0.464. The Morgan fingerprint density at radius 3 is 2.71 bits per heavy atom. The second kappa shape index (κ2) is 9.72. The molecule has 1 heterocycles. The highest BCUT2D eigenvalue weighted by molar-refractivity contribution is 5.95. The third-order valence-corrected chi connectivity index (χ3v) is 7.03. The summed E-state index contributed by atoms with van der Waals surface area (Å²) in [6, 6.07) is 12.8. The lowest BCUT2D eigenvalue weighted by atomic mass is 9.71. The van der Waals surface area contributed by atoms with Crippen molar-refractivity contribution in [3.05, 3.63) is 71.3 Å². The molecule has 2 aliphatic rings. The summed E-state index contributed by atoms with van der Waals surface area (Å²) in [7, 11) is 0. The fourth-order valence-electron chi connectivity index (χ4n) is 4.99. The van der Waals surface area contributed by atoms with Gasteiger partial charge in [0.25, 0.3) is 0 Å². The largest absolute Gasteiger partial charge is 0.491 e. The number of benzene rings is 2. The van der Waals surface area contributed by atoms with Crippen molar-refractivity contribution in [3.8, 4) is 5.75 Å². The van der Waals surface area contributed by atoms with Crippen LogP contribution in [0.5, 0.6) is 5.75 Å². The van der Waals surface area contributed by atoms with E-state index >= 15 is 0 Å². The molecule has 0 radical (unpaired) electrons. The summed E-state index contributed by atoms with van der Waals surface area (Å²) < 4.78 is 6.25. The van der Waals surface area contributed by atoms with Gasteiger partial charge in [-0.15, -0.1) is 6.58 Å². The van der Waals surface area contributed by atoms with E-state index in [1.165, 1.54) is 29.5 Å². The summed E-state index contributed by atoms with van der Waals surface area (Å²) in [5.74, 6) is 2.38. The van der Waals surface area contributed by atoms with Gasteiger partial charge < -0.3 is 9.64 Å². The molecule has 2 atom stereocenters. The van der Waals surface area contributed by atoms with Crippen molar-refractivity contribution in [1.29, 1.82) is 0 Å². The molecule has 0 bridgehead atoms. The Bertz CT molecular complexity index is 948. The Labute approximate surface area is 187 Å². The van der Waals surface area contributed by atoms with Gasteiger partial charge in [0, 0.05) is 18.7 Å². The van der Waals surface area contributed by atoms with Gasteiger partial charge in [-0.1, -0.05) is 29.8 Å². The number of carbonyl (C=O) groups is 1. The number of aryl methyl sites for hydroxylation is 2. The maximum atomic E-state index is 12.2. The standard InChI is InChI=1S/C28H35NO2/c1-4-7-22-11-12-25(22)18-29-19-26-10-9-20(2)16-24(26)8-5-6-15-31-28-14-13-23(21(3)30)17-27(28)29/h4,9-10,13-14,16-17,22,25H,1,5-8,11-12,15,18-19H2,2-3H3/t22-,25+/m1/s1. The highest BCUT2D eigenvalue weighted by Crippen LogP contribution is 2.40. The van der Waals surface area contributed by atoms with E-state index in [4.69, 9.17) is 4.74 Å². The number of Topliss-reactive ketones (excluding diaryl/α,β-unsaturated/α-hetero) is 1. The molecule has 3 nitrogen and oxygen atoms in total. The maximum Gasteiger partial charge on any atom is 0.159 e. The van der Waals surface area contributed by atoms with Gasteiger partial charge in [0.15, 0.2) is 5.78 Å². The van der Waals surface area contributed by atoms with Crippen molar-refractivity contribution >= 4 is 11.5 Å². The molecule has 0 spiro atoms. The van der Waals surface area contributed by atoms with Crippen molar-refractivity contribution in [2.45, 2.75) is 58.9 Å². The second-order valence-electron chi connectivity index (χ2n) is 9.32. The molecule has 0 unspecified atom stereocenters. The maximum absolute atomic E-state index is 12.2. The molecule has 0 aromatic heterocycles. The Hall–Kier alpha value is -2.55. The summed E-state index contributed by atoms with van der Waals surface area (Å²) in [6.07, 6.45) is 8.95. The van der Waals surface area contributed by atoms with E-state index in [-0.39, 0.29) is 5.78 Å². The van der Waals surface area contributed by atoms with Crippen molar-refractivity contribution in [3.63, 3.8) is 0 Å². The average Bonchev–Trinajstić information content (AvgIpc) is 2.77. The van der Waals surface area contributed by atoms with Crippen LogP contribution in [0.1, 0.15) is 66.1 Å². The summed E-state index contributed by atoms with van der Waals surface area (Å²) in [5.41, 5.74) is 5.98. The number of allylic oxidation sites excluding steroid dienone is 1. The van der Waals surface area contributed by atoms with Crippen LogP contribution >= 0.6 is 0 Å². The number of hydrogen-bond donors (Lipinski definition) is 0. The first-order chi connectivity index (χ1) is 15.0. The summed E-state index contributed by atoms with van der Waals surface area (Å²) in [4.78, 5) is 14.6. The highest BCUT2D eigenvalue weighted by atomic mass is 16.5. The van der Waals surface area contributed by atoms with Crippen LogP contribution in [0.15, 0.2) is 49.1 Å². The van der Waals surface area contributed by atoms with E-state index < -0.39 is 0 Å². The highest BCUT2D eigenvalue weighted by Gasteiger charge is 2.32. The van der Waals surface area contributed by atoms with Gasteiger partial charge in [-0.05, 0) is 93.5 Å². The fourth-order valence-corrected chi connectivity index (χ4v) is 4.99. The number of anilines is 1. The lowest BCUT2D eigenvalue weighted by Crippen LogP contribution is -2.38. The smallest absolute Gasteiger partial charge is 0.159 e.